The molecule has 0 aliphatic rings. The number of benzene rings is 1. The van der Waals surface area contributed by atoms with Gasteiger partial charge < -0.3 is 5.32 Å². The molecule has 2 heteroatoms. The van der Waals surface area contributed by atoms with Crippen LogP contribution in [0.2, 0.25) is 0 Å². The zero-order chi connectivity index (χ0) is 11.4. The van der Waals surface area contributed by atoms with Crippen LogP contribution in [0, 0.1) is 6.92 Å². The van der Waals surface area contributed by atoms with Crippen LogP contribution in [-0.4, -0.2) is 12.0 Å². The van der Waals surface area contributed by atoms with Crippen LogP contribution in [0.1, 0.15) is 11.1 Å². The lowest BCUT2D eigenvalue weighted by molar-refractivity contribution is 0.815. The van der Waals surface area contributed by atoms with E-state index in [0.29, 0.717) is 0 Å². The van der Waals surface area contributed by atoms with Gasteiger partial charge in [-0.1, -0.05) is 24.3 Å². The molecule has 1 heterocycles. The van der Waals surface area contributed by atoms with Crippen molar-refractivity contribution in [3.8, 4) is 11.1 Å². The standard InChI is InChI=1S/C14H16N2/c1-11-5-3-4-6-13(11)14-7-8-16-10-12(14)9-15-2/h3-8,10,15H,9H2,1-2H3. The average Bonchev–Trinajstić information content (AvgIpc) is 2.31. The highest BCUT2D eigenvalue weighted by Gasteiger charge is 2.05. The highest BCUT2D eigenvalue weighted by Crippen LogP contribution is 2.25. The molecule has 16 heavy (non-hydrogen) atoms. The van der Waals surface area contributed by atoms with Crippen molar-refractivity contribution in [2.24, 2.45) is 0 Å². The second-order valence-electron chi connectivity index (χ2n) is 3.88. The van der Waals surface area contributed by atoms with Crippen molar-refractivity contribution in [3.05, 3.63) is 53.9 Å². The summed E-state index contributed by atoms with van der Waals surface area (Å²) in [5.41, 5.74) is 5.09. The smallest absolute Gasteiger partial charge is 0.0319 e. The van der Waals surface area contributed by atoms with Gasteiger partial charge >= 0.3 is 0 Å². The maximum atomic E-state index is 4.18. The number of hydrogen-bond acceptors (Lipinski definition) is 2. The largest absolute Gasteiger partial charge is 0.316 e. The van der Waals surface area contributed by atoms with E-state index < -0.39 is 0 Å². The first-order valence-electron chi connectivity index (χ1n) is 5.46. The Labute approximate surface area is 96.4 Å². The van der Waals surface area contributed by atoms with Gasteiger partial charge in [-0.05, 0) is 42.3 Å². The first-order chi connectivity index (χ1) is 7.83. The van der Waals surface area contributed by atoms with E-state index in [1.807, 2.05) is 19.4 Å². The third kappa shape index (κ3) is 2.12. The van der Waals surface area contributed by atoms with Crippen LogP contribution in [0.15, 0.2) is 42.7 Å². The van der Waals surface area contributed by atoms with Gasteiger partial charge in [-0.2, -0.15) is 0 Å². The Morgan fingerprint density at radius 3 is 2.69 bits per heavy atom. The summed E-state index contributed by atoms with van der Waals surface area (Å²) in [6.45, 7) is 2.98. The van der Waals surface area contributed by atoms with E-state index >= 15 is 0 Å². The number of pyridine rings is 1. The summed E-state index contributed by atoms with van der Waals surface area (Å²) in [6, 6.07) is 10.5. The summed E-state index contributed by atoms with van der Waals surface area (Å²) in [4.78, 5) is 4.18. The second kappa shape index (κ2) is 4.90. The molecule has 0 unspecified atom stereocenters. The average molecular weight is 212 g/mol. The van der Waals surface area contributed by atoms with Crippen molar-refractivity contribution in [2.75, 3.05) is 7.05 Å². The van der Waals surface area contributed by atoms with Gasteiger partial charge in [0, 0.05) is 18.9 Å². The van der Waals surface area contributed by atoms with Gasteiger partial charge in [-0.25, -0.2) is 0 Å². The van der Waals surface area contributed by atoms with Crippen molar-refractivity contribution in [1.82, 2.24) is 10.3 Å². The molecule has 2 aromatic rings. The molecular weight excluding hydrogens is 196 g/mol. The SMILES string of the molecule is CNCc1cnccc1-c1ccccc1C. The van der Waals surface area contributed by atoms with E-state index in [2.05, 4.69) is 47.6 Å². The molecule has 1 aromatic carbocycles. The van der Waals surface area contributed by atoms with Gasteiger partial charge in [-0.15, -0.1) is 0 Å². The lowest BCUT2D eigenvalue weighted by Gasteiger charge is -2.10. The highest BCUT2D eigenvalue weighted by atomic mass is 14.8. The molecule has 1 N–H and O–H groups in total. The van der Waals surface area contributed by atoms with Crippen molar-refractivity contribution in [1.29, 1.82) is 0 Å². The van der Waals surface area contributed by atoms with E-state index in [4.69, 9.17) is 0 Å². The van der Waals surface area contributed by atoms with Crippen molar-refractivity contribution < 1.29 is 0 Å². The Hall–Kier alpha value is -1.67. The summed E-state index contributed by atoms with van der Waals surface area (Å²) < 4.78 is 0. The van der Waals surface area contributed by atoms with Gasteiger partial charge in [0.05, 0.1) is 0 Å². The molecule has 2 rings (SSSR count). The molecule has 0 bridgehead atoms. The second-order valence-corrected chi connectivity index (χ2v) is 3.88. The van der Waals surface area contributed by atoms with Crippen LogP contribution in [0.5, 0.6) is 0 Å². The summed E-state index contributed by atoms with van der Waals surface area (Å²) >= 11 is 0. The fourth-order valence-corrected chi connectivity index (χ4v) is 1.90. The zero-order valence-corrected chi connectivity index (χ0v) is 9.70. The predicted octanol–water partition coefficient (Wildman–Crippen LogP) is 2.78. The molecular formula is C14H16N2. The third-order valence-electron chi connectivity index (χ3n) is 2.71. The fourth-order valence-electron chi connectivity index (χ4n) is 1.90. The quantitative estimate of drug-likeness (QED) is 0.846. The molecule has 0 spiro atoms. The molecule has 1 aromatic heterocycles. The molecule has 0 saturated carbocycles. The Kier molecular flexibility index (Phi) is 3.32. The minimum absolute atomic E-state index is 0.845. The first kappa shape index (κ1) is 10.8. The van der Waals surface area contributed by atoms with Gasteiger partial charge in [-0.3, -0.25) is 4.98 Å². The number of nitrogens with zero attached hydrogens (tertiary/aromatic N) is 1. The molecule has 0 atom stereocenters. The first-order valence-corrected chi connectivity index (χ1v) is 5.46. The minimum Gasteiger partial charge on any atom is -0.316 e. The van der Waals surface area contributed by atoms with Crippen molar-refractivity contribution in [3.63, 3.8) is 0 Å². The number of nitrogens with one attached hydrogen (secondary N) is 1. The van der Waals surface area contributed by atoms with Gasteiger partial charge in [0.2, 0.25) is 0 Å². The number of rotatable bonds is 3. The molecule has 0 aliphatic heterocycles. The minimum atomic E-state index is 0.845. The van der Waals surface area contributed by atoms with E-state index in [1.165, 1.54) is 22.3 Å². The highest BCUT2D eigenvalue weighted by molar-refractivity contribution is 5.69. The van der Waals surface area contributed by atoms with Gasteiger partial charge in [0.15, 0.2) is 0 Å². The van der Waals surface area contributed by atoms with Crippen LogP contribution in [-0.2, 0) is 6.54 Å². The summed E-state index contributed by atoms with van der Waals surface area (Å²) in [7, 11) is 1.95. The summed E-state index contributed by atoms with van der Waals surface area (Å²) in [5.74, 6) is 0. The van der Waals surface area contributed by atoms with Crippen LogP contribution in [0.3, 0.4) is 0 Å². The van der Waals surface area contributed by atoms with E-state index in [1.54, 1.807) is 0 Å². The number of aryl methyl sites for hydroxylation is 1. The Bertz CT molecular complexity index is 478. The number of hydrogen-bond donors (Lipinski definition) is 1. The molecule has 2 nitrogen and oxygen atoms in total. The van der Waals surface area contributed by atoms with Crippen LogP contribution >= 0.6 is 0 Å². The molecule has 0 fully saturated rings. The topological polar surface area (TPSA) is 24.9 Å². The Balaban J connectivity index is 2.51. The van der Waals surface area contributed by atoms with E-state index in [-0.39, 0.29) is 0 Å². The van der Waals surface area contributed by atoms with Crippen molar-refractivity contribution in [2.45, 2.75) is 13.5 Å². The maximum absolute atomic E-state index is 4.18. The molecule has 0 radical (unpaired) electrons. The summed E-state index contributed by atoms with van der Waals surface area (Å²) in [6.07, 6.45) is 3.78. The van der Waals surface area contributed by atoms with E-state index in [9.17, 15) is 0 Å². The van der Waals surface area contributed by atoms with Crippen molar-refractivity contribution >= 4 is 0 Å². The summed E-state index contributed by atoms with van der Waals surface area (Å²) in [5, 5.41) is 3.17. The van der Waals surface area contributed by atoms with E-state index in [0.717, 1.165) is 6.54 Å². The monoisotopic (exact) mass is 212 g/mol. The molecule has 0 amide bonds. The van der Waals surface area contributed by atoms with Crippen LogP contribution in [0.4, 0.5) is 0 Å². The molecule has 0 aliphatic carbocycles. The van der Waals surface area contributed by atoms with Gasteiger partial charge in [0.25, 0.3) is 0 Å². The number of aromatic nitrogens is 1. The predicted molar refractivity (Wildman–Crippen MR) is 67.2 cm³/mol. The Morgan fingerprint density at radius 2 is 1.94 bits per heavy atom. The molecule has 0 saturated heterocycles. The maximum Gasteiger partial charge on any atom is 0.0319 e. The zero-order valence-electron chi connectivity index (χ0n) is 9.70. The molecule has 82 valence electrons. The lowest BCUT2D eigenvalue weighted by Crippen LogP contribution is -2.06. The Morgan fingerprint density at radius 1 is 1.12 bits per heavy atom. The fraction of sp³-hybridized carbons (Fsp3) is 0.214. The third-order valence-corrected chi connectivity index (χ3v) is 2.71. The van der Waals surface area contributed by atoms with Crippen LogP contribution < -0.4 is 5.32 Å². The normalized spacial score (nSPS) is 10.4. The lowest BCUT2D eigenvalue weighted by atomic mass is 9.98. The van der Waals surface area contributed by atoms with Crippen LogP contribution in [0.25, 0.3) is 11.1 Å². The van der Waals surface area contributed by atoms with Gasteiger partial charge in [0.1, 0.15) is 0 Å².